The largest absolute Gasteiger partial charge is 0.384 e. The number of nitrogens with one attached hydrogen (secondary N) is 1. The van der Waals surface area contributed by atoms with Crippen LogP contribution in [-0.4, -0.2) is 47.9 Å². The highest BCUT2D eigenvalue weighted by atomic mass is 16.5. The zero-order valence-electron chi connectivity index (χ0n) is 12.6. The smallest absolute Gasteiger partial charge is 0.240 e. The van der Waals surface area contributed by atoms with Gasteiger partial charge in [0.05, 0.1) is 12.7 Å². The number of fused-ring (bicyclic) bond motifs is 1. The number of methoxy groups -OCH3 is 1. The molecule has 6 heteroatoms. The van der Waals surface area contributed by atoms with Gasteiger partial charge < -0.3 is 19.4 Å². The van der Waals surface area contributed by atoms with Gasteiger partial charge >= 0.3 is 0 Å². The van der Waals surface area contributed by atoms with Crippen molar-refractivity contribution in [3.8, 4) is 0 Å². The topological polar surface area (TPSA) is 65.4 Å². The summed E-state index contributed by atoms with van der Waals surface area (Å²) >= 11 is 0. The molecule has 0 bridgehead atoms. The van der Waals surface area contributed by atoms with Crippen molar-refractivity contribution in [2.75, 3.05) is 20.3 Å². The molecule has 2 aliphatic rings. The first-order chi connectivity index (χ1) is 10.2. The zero-order valence-corrected chi connectivity index (χ0v) is 12.6. The van der Waals surface area contributed by atoms with Crippen LogP contribution in [0.5, 0.6) is 0 Å². The van der Waals surface area contributed by atoms with Crippen molar-refractivity contribution in [3.05, 3.63) is 18.2 Å². The molecule has 0 radical (unpaired) electrons. The van der Waals surface area contributed by atoms with Crippen LogP contribution in [-0.2, 0) is 27.2 Å². The number of nitrogens with zero attached hydrogens (tertiary/aromatic N) is 2. The third kappa shape index (κ3) is 2.70. The molecule has 1 saturated carbocycles. The van der Waals surface area contributed by atoms with Crippen molar-refractivity contribution >= 4 is 5.91 Å². The summed E-state index contributed by atoms with van der Waals surface area (Å²) in [5, 5.41) is 3.16. The van der Waals surface area contributed by atoms with E-state index in [-0.39, 0.29) is 24.0 Å². The SMILES string of the molecule is CCc1nccn1CC(=O)N[C@H]1[C@@H](COC)[C@H]2OCC[C@@H]12. The van der Waals surface area contributed by atoms with E-state index in [4.69, 9.17) is 9.47 Å². The predicted octanol–water partition coefficient (Wildman–Crippen LogP) is 0.612. The minimum absolute atomic E-state index is 0.0409. The quantitative estimate of drug-likeness (QED) is 0.834. The summed E-state index contributed by atoms with van der Waals surface area (Å²) < 4.78 is 12.9. The summed E-state index contributed by atoms with van der Waals surface area (Å²) in [7, 11) is 1.69. The van der Waals surface area contributed by atoms with E-state index in [9.17, 15) is 4.79 Å². The maximum Gasteiger partial charge on any atom is 0.240 e. The molecule has 2 fully saturated rings. The summed E-state index contributed by atoms with van der Waals surface area (Å²) in [5.41, 5.74) is 0. The second-order valence-electron chi connectivity index (χ2n) is 5.83. The minimum atomic E-state index is 0.0409. The Morgan fingerprint density at radius 1 is 1.62 bits per heavy atom. The lowest BCUT2D eigenvalue weighted by Gasteiger charge is -2.47. The van der Waals surface area contributed by atoms with E-state index in [0.29, 0.717) is 19.1 Å². The maximum absolute atomic E-state index is 12.3. The van der Waals surface area contributed by atoms with Gasteiger partial charge in [-0.1, -0.05) is 6.92 Å². The molecular formula is C15H23N3O3. The van der Waals surface area contributed by atoms with Gasteiger partial charge in [-0.15, -0.1) is 0 Å². The number of carbonyl (C=O) groups excluding carboxylic acids is 1. The van der Waals surface area contributed by atoms with E-state index in [0.717, 1.165) is 25.3 Å². The molecule has 2 heterocycles. The Hall–Kier alpha value is -1.40. The number of amides is 1. The Morgan fingerprint density at radius 2 is 2.48 bits per heavy atom. The summed E-state index contributed by atoms with van der Waals surface area (Å²) in [6.07, 6.45) is 5.71. The lowest BCUT2D eigenvalue weighted by molar-refractivity contribution is -0.130. The second-order valence-corrected chi connectivity index (χ2v) is 5.83. The second kappa shape index (κ2) is 6.15. The molecule has 1 N–H and O–H groups in total. The van der Waals surface area contributed by atoms with Gasteiger partial charge in [0.1, 0.15) is 12.4 Å². The van der Waals surface area contributed by atoms with Crippen molar-refractivity contribution in [1.29, 1.82) is 0 Å². The van der Waals surface area contributed by atoms with Crippen molar-refractivity contribution in [1.82, 2.24) is 14.9 Å². The van der Waals surface area contributed by atoms with Gasteiger partial charge in [-0.2, -0.15) is 0 Å². The fourth-order valence-corrected chi connectivity index (χ4v) is 3.62. The number of aryl methyl sites for hydroxylation is 1. The zero-order chi connectivity index (χ0) is 14.8. The summed E-state index contributed by atoms with van der Waals surface area (Å²) in [4.78, 5) is 16.5. The fraction of sp³-hybridized carbons (Fsp3) is 0.733. The van der Waals surface area contributed by atoms with E-state index in [2.05, 4.69) is 10.3 Å². The van der Waals surface area contributed by atoms with Crippen LogP contribution in [0.3, 0.4) is 0 Å². The first-order valence-corrected chi connectivity index (χ1v) is 7.64. The molecule has 1 amide bonds. The van der Waals surface area contributed by atoms with E-state index in [1.807, 2.05) is 17.7 Å². The Bertz CT molecular complexity index is 502. The monoisotopic (exact) mass is 293 g/mol. The van der Waals surface area contributed by atoms with Crippen molar-refractivity contribution < 1.29 is 14.3 Å². The molecule has 1 aromatic heterocycles. The van der Waals surface area contributed by atoms with E-state index in [1.165, 1.54) is 0 Å². The molecule has 3 rings (SSSR count). The van der Waals surface area contributed by atoms with Gasteiger partial charge in [-0.3, -0.25) is 4.79 Å². The molecule has 1 aliphatic carbocycles. The van der Waals surface area contributed by atoms with Crippen LogP contribution in [0.15, 0.2) is 12.4 Å². The third-order valence-electron chi connectivity index (χ3n) is 4.65. The first kappa shape index (κ1) is 14.5. The lowest BCUT2D eigenvalue weighted by atomic mass is 9.67. The number of ether oxygens (including phenoxy) is 2. The predicted molar refractivity (Wildman–Crippen MR) is 76.7 cm³/mol. The van der Waals surface area contributed by atoms with Crippen LogP contribution in [0.1, 0.15) is 19.2 Å². The highest BCUT2D eigenvalue weighted by Crippen LogP contribution is 2.43. The van der Waals surface area contributed by atoms with Crippen LogP contribution >= 0.6 is 0 Å². The van der Waals surface area contributed by atoms with Crippen LogP contribution in [0.25, 0.3) is 0 Å². The molecular weight excluding hydrogens is 270 g/mol. The molecule has 0 unspecified atom stereocenters. The highest BCUT2D eigenvalue weighted by Gasteiger charge is 2.54. The van der Waals surface area contributed by atoms with Gasteiger partial charge in [0.25, 0.3) is 0 Å². The van der Waals surface area contributed by atoms with E-state index in [1.54, 1.807) is 13.3 Å². The van der Waals surface area contributed by atoms with Crippen molar-refractivity contribution in [2.45, 2.75) is 38.5 Å². The lowest BCUT2D eigenvalue weighted by Crippen LogP contribution is -2.63. The number of rotatable bonds is 6. The van der Waals surface area contributed by atoms with Crippen LogP contribution in [0, 0.1) is 11.8 Å². The van der Waals surface area contributed by atoms with Gasteiger partial charge in [-0.05, 0) is 6.42 Å². The number of imidazole rings is 1. The molecule has 6 nitrogen and oxygen atoms in total. The molecule has 1 aromatic rings. The van der Waals surface area contributed by atoms with Gasteiger partial charge in [-0.25, -0.2) is 4.98 Å². The van der Waals surface area contributed by atoms with E-state index >= 15 is 0 Å². The van der Waals surface area contributed by atoms with Crippen molar-refractivity contribution in [3.63, 3.8) is 0 Å². The van der Waals surface area contributed by atoms with Crippen LogP contribution in [0.2, 0.25) is 0 Å². The standard InChI is InChI=1S/C15H23N3O3/c1-3-12-16-5-6-18(12)8-13(19)17-14-10-4-7-21-15(10)11(14)9-20-2/h5-6,10-11,14-15H,3-4,7-9H2,1-2H3,(H,17,19)/t10-,11+,14+,15-/m0/s1. The van der Waals surface area contributed by atoms with Crippen LogP contribution < -0.4 is 5.32 Å². The third-order valence-corrected chi connectivity index (χ3v) is 4.65. The summed E-state index contributed by atoms with van der Waals surface area (Å²) in [6, 6.07) is 0.179. The number of hydrogen-bond acceptors (Lipinski definition) is 4. The van der Waals surface area contributed by atoms with Crippen LogP contribution in [0.4, 0.5) is 0 Å². The summed E-state index contributed by atoms with van der Waals surface area (Å²) in [5.74, 6) is 1.70. The Labute approximate surface area is 124 Å². The average Bonchev–Trinajstić information content (AvgIpc) is 3.09. The molecule has 21 heavy (non-hydrogen) atoms. The summed E-state index contributed by atoms with van der Waals surface area (Å²) in [6.45, 7) is 3.80. The first-order valence-electron chi connectivity index (χ1n) is 7.64. The van der Waals surface area contributed by atoms with Gasteiger partial charge in [0, 0.05) is 50.4 Å². The molecule has 1 saturated heterocycles. The average molecular weight is 293 g/mol. The number of carbonyl (C=O) groups is 1. The Balaban J connectivity index is 1.59. The minimum Gasteiger partial charge on any atom is -0.384 e. The fourth-order valence-electron chi connectivity index (χ4n) is 3.62. The van der Waals surface area contributed by atoms with Gasteiger partial charge in [0.2, 0.25) is 5.91 Å². The molecule has 1 aliphatic heterocycles. The highest BCUT2D eigenvalue weighted by molar-refractivity contribution is 5.76. The Kier molecular flexibility index (Phi) is 4.26. The normalized spacial score (nSPS) is 30.8. The van der Waals surface area contributed by atoms with E-state index < -0.39 is 0 Å². The molecule has 116 valence electrons. The maximum atomic E-state index is 12.3. The molecule has 4 atom stereocenters. The van der Waals surface area contributed by atoms with Crippen molar-refractivity contribution in [2.24, 2.45) is 11.8 Å². The Morgan fingerprint density at radius 3 is 3.24 bits per heavy atom. The number of aromatic nitrogens is 2. The molecule has 0 spiro atoms. The van der Waals surface area contributed by atoms with Gasteiger partial charge in [0.15, 0.2) is 0 Å². The number of hydrogen-bond donors (Lipinski definition) is 1. The molecule has 0 aromatic carbocycles.